The zero-order valence-corrected chi connectivity index (χ0v) is 12.9. The van der Waals surface area contributed by atoms with Gasteiger partial charge < -0.3 is 10.1 Å². The van der Waals surface area contributed by atoms with Crippen molar-refractivity contribution in [2.45, 2.75) is 44.9 Å². The standard InChI is InChI=1S/C15H19ClN2O2/c1-14(2,3)20-13(19)12-15(4,18-9-17-12)10-5-7-11(16)8-6-10/h5-9,12H,1-4H3,(H,17,18)/t12-,15-/m0/s1. The molecule has 0 bridgehead atoms. The summed E-state index contributed by atoms with van der Waals surface area (Å²) in [5.41, 5.74) is -0.210. The summed E-state index contributed by atoms with van der Waals surface area (Å²) in [7, 11) is 0. The van der Waals surface area contributed by atoms with E-state index in [9.17, 15) is 4.79 Å². The van der Waals surface area contributed by atoms with Gasteiger partial charge >= 0.3 is 5.97 Å². The van der Waals surface area contributed by atoms with Gasteiger partial charge in [-0.15, -0.1) is 0 Å². The van der Waals surface area contributed by atoms with Crippen LogP contribution in [0, 0.1) is 0 Å². The maximum Gasteiger partial charge on any atom is 0.334 e. The van der Waals surface area contributed by atoms with Crippen LogP contribution in [0.3, 0.4) is 0 Å². The Hall–Kier alpha value is -1.55. The number of nitrogens with one attached hydrogen (secondary N) is 1. The number of carbonyl (C=O) groups is 1. The molecule has 1 N–H and O–H groups in total. The fraction of sp³-hybridized carbons (Fsp3) is 0.467. The van der Waals surface area contributed by atoms with E-state index in [2.05, 4.69) is 10.3 Å². The molecule has 1 aromatic rings. The highest BCUT2D eigenvalue weighted by Crippen LogP contribution is 2.31. The minimum Gasteiger partial charge on any atom is -0.458 e. The third kappa shape index (κ3) is 2.96. The molecule has 1 aliphatic heterocycles. The van der Waals surface area contributed by atoms with Gasteiger partial charge in [-0.3, -0.25) is 4.99 Å². The lowest BCUT2D eigenvalue weighted by atomic mass is 9.85. The largest absolute Gasteiger partial charge is 0.458 e. The second-order valence-corrected chi connectivity index (χ2v) is 6.50. The molecular formula is C15H19ClN2O2. The molecule has 0 aromatic heterocycles. The molecule has 108 valence electrons. The number of aliphatic imine (C=N–C) groups is 1. The Morgan fingerprint density at radius 1 is 1.35 bits per heavy atom. The maximum atomic E-state index is 12.3. The Balaban J connectivity index is 2.27. The summed E-state index contributed by atoms with van der Waals surface area (Å²) in [5, 5.41) is 3.81. The highest BCUT2D eigenvalue weighted by Gasteiger charge is 2.45. The average Bonchev–Trinajstić information content (AvgIpc) is 2.71. The van der Waals surface area contributed by atoms with E-state index in [1.807, 2.05) is 39.8 Å². The minimum atomic E-state index is -0.618. The first-order valence-corrected chi connectivity index (χ1v) is 6.88. The molecule has 0 saturated heterocycles. The van der Waals surface area contributed by atoms with Crippen LogP contribution in [-0.4, -0.2) is 24.0 Å². The highest BCUT2D eigenvalue weighted by atomic mass is 35.5. The van der Waals surface area contributed by atoms with Crippen molar-refractivity contribution in [3.05, 3.63) is 34.9 Å². The SMILES string of the molecule is CC(C)(C)OC(=O)[C@@H]1N=CN[C@@]1(C)c1ccc(Cl)cc1. The van der Waals surface area contributed by atoms with E-state index in [1.165, 1.54) is 0 Å². The Kier molecular flexibility index (Phi) is 3.78. The summed E-state index contributed by atoms with van der Waals surface area (Å²) < 4.78 is 5.44. The molecule has 1 aliphatic rings. The molecule has 0 radical (unpaired) electrons. The molecule has 1 heterocycles. The average molecular weight is 295 g/mol. The number of hydrogen-bond acceptors (Lipinski definition) is 4. The normalized spacial score (nSPS) is 25.4. The van der Waals surface area contributed by atoms with E-state index in [0.717, 1.165) is 5.56 Å². The number of ether oxygens (including phenoxy) is 1. The van der Waals surface area contributed by atoms with Gasteiger partial charge in [0, 0.05) is 5.02 Å². The van der Waals surface area contributed by atoms with Crippen molar-refractivity contribution in [1.29, 1.82) is 0 Å². The molecule has 2 atom stereocenters. The van der Waals surface area contributed by atoms with E-state index >= 15 is 0 Å². The van der Waals surface area contributed by atoms with Gasteiger partial charge in [-0.05, 0) is 45.4 Å². The van der Waals surface area contributed by atoms with Crippen LogP contribution in [0.2, 0.25) is 5.02 Å². The van der Waals surface area contributed by atoms with E-state index in [0.29, 0.717) is 5.02 Å². The minimum absolute atomic E-state index is 0.337. The van der Waals surface area contributed by atoms with Gasteiger partial charge in [-0.1, -0.05) is 23.7 Å². The smallest absolute Gasteiger partial charge is 0.334 e. The second kappa shape index (κ2) is 5.09. The van der Waals surface area contributed by atoms with Crippen molar-refractivity contribution in [3.63, 3.8) is 0 Å². The van der Waals surface area contributed by atoms with Gasteiger partial charge in [0.05, 0.1) is 11.9 Å². The van der Waals surface area contributed by atoms with E-state index in [1.54, 1.807) is 18.5 Å². The first kappa shape index (κ1) is 14.9. The lowest BCUT2D eigenvalue weighted by Crippen LogP contribution is -2.48. The van der Waals surface area contributed by atoms with Crippen LogP contribution < -0.4 is 5.32 Å². The Bertz CT molecular complexity index is 534. The van der Waals surface area contributed by atoms with Crippen LogP contribution >= 0.6 is 11.6 Å². The van der Waals surface area contributed by atoms with Crippen LogP contribution in [-0.2, 0) is 15.1 Å². The summed E-state index contributed by atoms with van der Waals surface area (Å²) in [6.07, 6.45) is 1.56. The first-order valence-electron chi connectivity index (χ1n) is 6.51. The number of halogens is 1. The molecule has 4 nitrogen and oxygen atoms in total. The second-order valence-electron chi connectivity index (χ2n) is 6.07. The Morgan fingerprint density at radius 3 is 2.50 bits per heavy atom. The fourth-order valence-corrected chi connectivity index (χ4v) is 2.29. The molecule has 0 fully saturated rings. The Labute approximate surface area is 124 Å². The topological polar surface area (TPSA) is 50.7 Å². The molecule has 0 aliphatic carbocycles. The lowest BCUT2D eigenvalue weighted by Gasteiger charge is -2.31. The highest BCUT2D eigenvalue weighted by molar-refractivity contribution is 6.30. The van der Waals surface area contributed by atoms with Gasteiger partial charge in [0.1, 0.15) is 5.60 Å². The van der Waals surface area contributed by atoms with Crippen LogP contribution in [0.5, 0.6) is 0 Å². The summed E-state index contributed by atoms with van der Waals surface area (Å²) in [6, 6.07) is 6.77. The monoisotopic (exact) mass is 294 g/mol. The van der Waals surface area contributed by atoms with Crippen LogP contribution in [0.1, 0.15) is 33.3 Å². The van der Waals surface area contributed by atoms with Crippen molar-refractivity contribution in [1.82, 2.24) is 5.32 Å². The molecule has 0 spiro atoms. The van der Waals surface area contributed by atoms with Gasteiger partial charge in [-0.25, -0.2) is 4.79 Å². The summed E-state index contributed by atoms with van der Waals surface area (Å²) in [5.74, 6) is -0.337. The van der Waals surface area contributed by atoms with Gasteiger partial charge in [0.15, 0.2) is 6.04 Å². The third-order valence-corrected chi connectivity index (χ3v) is 3.46. The summed E-state index contributed by atoms with van der Waals surface area (Å²) in [6.45, 7) is 7.46. The number of carbonyl (C=O) groups excluding carboxylic acids is 1. The first-order chi connectivity index (χ1) is 9.22. The molecule has 2 rings (SSSR count). The number of benzene rings is 1. The number of hydrogen-bond donors (Lipinski definition) is 1. The number of esters is 1. The van der Waals surface area contributed by atoms with Gasteiger partial charge in [0.25, 0.3) is 0 Å². The van der Waals surface area contributed by atoms with Crippen LogP contribution in [0.15, 0.2) is 29.3 Å². The molecule has 5 heteroatoms. The van der Waals surface area contributed by atoms with E-state index in [4.69, 9.17) is 16.3 Å². The zero-order chi connectivity index (χ0) is 15.0. The molecule has 0 amide bonds. The fourth-order valence-electron chi connectivity index (χ4n) is 2.17. The van der Waals surface area contributed by atoms with Crippen molar-refractivity contribution >= 4 is 23.9 Å². The predicted octanol–water partition coefficient (Wildman–Crippen LogP) is 2.90. The molecule has 0 saturated carbocycles. The Morgan fingerprint density at radius 2 is 1.95 bits per heavy atom. The number of nitrogens with zero attached hydrogens (tertiary/aromatic N) is 1. The lowest BCUT2D eigenvalue weighted by molar-refractivity contribution is -0.158. The summed E-state index contributed by atoms with van der Waals surface area (Å²) >= 11 is 5.91. The third-order valence-electron chi connectivity index (χ3n) is 3.21. The van der Waals surface area contributed by atoms with Crippen LogP contribution in [0.4, 0.5) is 0 Å². The molecule has 20 heavy (non-hydrogen) atoms. The molecule has 0 unspecified atom stereocenters. The number of rotatable bonds is 2. The zero-order valence-electron chi connectivity index (χ0n) is 12.1. The van der Waals surface area contributed by atoms with Crippen molar-refractivity contribution in [2.24, 2.45) is 4.99 Å². The molecular weight excluding hydrogens is 276 g/mol. The quantitative estimate of drug-likeness (QED) is 0.853. The van der Waals surface area contributed by atoms with Crippen molar-refractivity contribution < 1.29 is 9.53 Å². The van der Waals surface area contributed by atoms with Gasteiger partial charge in [0.2, 0.25) is 0 Å². The van der Waals surface area contributed by atoms with E-state index in [-0.39, 0.29) is 5.97 Å². The van der Waals surface area contributed by atoms with Crippen molar-refractivity contribution in [2.75, 3.05) is 0 Å². The maximum absolute atomic E-state index is 12.3. The molecule has 1 aromatic carbocycles. The van der Waals surface area contributed by atoms with Crippen LogP contribution in [0.25, 0.3) is 0 Å². The predicted molar refractivity (Wildman–Crippen MR) is 80.1 cm³/mol. The van der Waals surface area contributed by atoms with E-state index < -0.39 is 17.2 Å². The van der Waals surface area contributed by atoms with Crippen molar-refractivity contribution in [3.8, 4) is 0 Å². The van der Waals surface area contributed by atoms with Gasteiger partial charge in [-0.2, -0.15) is 0 Å². The summed E-state index contributed by atoms with van der Waals surface area (Å²) in [4.78, 5) is 16.5.